The Morgan fingerprint density at radius 1 is 1.43 bits per heavy atom. The average Bonchev–Trinajstić information content (AvgIpc) is 2.67. The van der Waals surface area contributed by atoms with Crippen LogP contribution in [0.1, 0.15) is 6.92 Å². The Balaban J connectivity index is 2.39. The van der Waals surface area contributed by atoms with Crippen LogP contribution in [0.2, 0.25) is 5.02 Å². The predicted octanol–water partition coefficient (Wildman–Crippen LogP) is 2.53. The molecule has 2 rings (SSSR count). The molecule has 1 fully saturated rings. The monoisotopic (exact) mass is 344 g/mol. The molecular weight excluding hydrogens is 332 g/mol. The largest absolute Gasteiger partial charge is 0.286 e. The van der Waals surface area contributed by atoms with E-state index in [0.717, 1.165) is 11.8 Å². The molecule has 0 aliphatic carbocycles. The fourth-order valence-electron chi connectivity index (χ4n) is 1.72. The van der Waals surface area contributed by atoms with Crippen molar-refractivity contribution in [2.45, 2.75) is 17.1 Å². The first kappa shape index (κ1) is 16.1. The van der Waals surface area contributed by atoms with Crippen molar-refractivity contribution in [3.05, 3.63) is 41.9 Å². The second-order valence-electron chi connectivity index (χ2n) is 4.30. The van der Waals surface area contributed by atoms with Crippen molar-refractivity contribution in [2.75, 3.05) is 6.54 Å². The lowest BCUT2D eigenvalue weighted by Crippen LogP contribution is -2.31. The van der Waals surface area contributed by atoms with Crippen molar-refractivity contribution < 1.29 is 13.2 Å². The Hall–Kier alpha value is -1.31. The lowest BCUT2D eigenvalue weighted by atomic mass is 10.4. The normalized spacial score (nSPS) is 21.0. The number of nitrogens with zero attached hydrogens (tertiary/aromatic N) is 2. The molecule has 112 valence electrons. The molecule has 1 atom stereocenters. The van der Waals surface area contributed by atoms with E-state index in [1.54, 1.807) is 6.92 Å². The van der Waals surface area contributed by atoms with E-state index in [1.165, 1.54) is 35.2 Å². The fraction of sp³-hybridized carbons (Fsp3) is 0.231. The quantitative estimate of drug-likeness (QED) is 0.787. The van der Waals surface area contributed by atoms with Crippen molar-refractivity contribution in [1.82, 2.24) is 4.90 Å². The first-order chi connectivity index (χ1) is 9.85. The number of amides is 1. The van der Waals surface area contributed by atoms with Gasteiger partial charge in [-0.25, -0.2) is 0 Å². The smallest absolute Gasteiger partial charge is 0.284 e. The Morgan fingerprint density at radius 2 is 2.05 bits per heavy atom. The molecule has 1 aromatic rings. The number of carbonyl (C=O) groups is 1. The van der Waals surface area contributed by atoms with Gasteiger partial charge < -0.3 is 0 Å². The third-order valence-electron chi connectivity index (χ3n) is 2.75. The lowest BCUT2D eigenvalue weighted by molar-refractivity contribution is -0.125. The SMILES string of the molecule is C=CCN1C(=O)[C@@H](C)SC1=NS(=O)(=O)c1ccc(Cl)cc1. The maximum atomic E-state index is 12.3. The Bertz CT molecular complexity index is 699. The van der Waals surface area contributed by atoms with Crippen LogP contribution < -0.4 is 0 Å². The van der Waals surface area contributed by atoms with Crippen LogP contribution in [0, 0.1) is 0 Å². The summed E-state index contributed by atoms with van der Waals surface area (Å²) in [7, 11) is -3.88. The highest BCUT2D eigenvalue weighted by Crippen LogP contribution is 2.28. The molecule has 0 aromatic heterocycles. The number of carbonyl (C=O) groups excluding carboxylic acids is 1. The number of benzene rings is 1. The molecule has 1 aromatic carbocycles. The summed E-state index contributed by atoms with van der Waals surface area (Å²) in [5.74, 6) is -0.176. The molecule has 0 N–H and O–H groups in total. The van der Waals surface area contributed by atoms with E-state index >= 15 is 0 Å². The van der Waals surface area contributed by atoms with Crippen LogP contribution in [-0.4, -0.2) is 36.2 Å². The van der Waals surface area contributed by atoms with E-state index in [0.29, 0.717) is 5.02 Å². The van der Waals surface area contributed by atoms with E-state index in [9.17, 15) is 13.2 Å². The van der Waals surface area contributed by atoms with Gasteiger partial charge in [0.25, 0.3) is 10.0 Å². The summed E-state index contributed by atoms with van der Waals surface area (Å²) >= 11 is 6.86. The number of rotatable bonds is 4. The van der Waals surface area contributed by atoms with E-state index in [4.69, 9.17) is 11.6 Å². The van der Waals surface area contributed by atoms with E-state index < -0.39 is 10.0 Å². The van der Waals surface area contributed by atoms with Gasteiger partial charge in [0.1, 0.15) is 0 Å². The summed E-state index contributed by atoms with van der Waals surface area (Å²) in [5, 5.41) is 0.250. The molecule has 8 heteroatoms. The van der Waals surface area contributed by atoms with Gasteiger partial charge >= 0.3 is 0 Å². The minimum Gasteiger partial charge on any atom is -0.286 e. The van der Waals surface area contributed by atoms with Gasteiger partial charge in [0.15, 0.2) is 5.17 Å². The molecule has 21 heavy (non-hydrogen) atoms. The number of hydrogen-bond acceptors (Lipinski definition) is 4. The van der Waals surface area contributed by atoms with Gasteiger partial charge in [-0.05, 0) is 31.2 Å². The first-order valence-electron chi connectivity index (χ1n) is 6.04. The third-order valence-corrected chi connectivity index (χ3v) is 5.47. The third kappa shape index (κ3) is 3.48. The van der Waals surface area contributed by atoms with Crippen LogP contribution in [0.25, 0.3) is 0 Å². The number of thioether (sulfide) groups is 1. The van der Waals surface area contributed by atoms with Gasteiger partial charge in [-0.1, -0.05) is 29.4 Å². The molecule has 0 spiro atoms. The summed E-state index contributed by atoms with van der Waals surface area (Å²) in [6, 6.07) is 5.71. The molecular formula is C13H13ClN2O3S2. The van der Waals surface area contributed by atoms with E-state index in [2.05, 4.69) is 11.0 Å². The first-order valence-corrected chi connectivity index (χ1v) is 8.74. The molecule has 5 nitrogen and oxygen atoms in total. The molecule has 0 saturated carbocycles. The van der Waals surface area contributed by atoms with Gasteiger partial charge in [-0.15, -0.1) is 11.0 Å². The number of sulfonamides is 1. The maximum absolute atomic E-state index is 12.3. The zero-order valence-electron chi connectivity index (χ0n) is 11.2. The van der Waals surface area contributed by atoms with Gasteiger partial charge in [-0.3, -0.25) is 9.69 Å². The van der Waals surface area contributed by atoms with Gasteiger partial charge in [-0.2, -0.15) is 8.42 Å². The maximum Gasteiger partial charge on any atom is 0.284 e. The zero-order valence-corrected chi connectivity index (χ0v) is 13.6. The van der Waals surface area contributed by atoms with Crippen LogP contribution in [0.15, 0.2) is 46.2 Å². The summed E-state index contributed by atoms with van der Waals surface area (Å²) in [4.78, 5) is 13.3. The summed E-state index contributed by atoms with van der Waals surface area (Å²) in [6.45, 7) is 5.50. The highest BCUT2D eigenvalue weighted by molar-refractivity contribution is 8.16. The minimum absolute atomic E-state index is 0.0329. The van der Waals surface area contributed by atoms with E-state index in [1.807, 2.05) is 0 Å². The predicted molar refractivity (Wildman–Crippen MR) is 85.0 cm³/mol. The van der Waals surface area contributed by atoms with Crippen LogP contribution in [0.3, 0.4) is 0 Å². The fourth-order valence-corrected chi connectivity index (χ4v) is 4.03. The molecule has 1 saturated heterocycles. The molecule has 0 bridgehead atoms. The van der Waals surface area contributed by atoms with Crippen LogP contribution >= 0.6 is 23.4 Å². The Kier molecular flexibility index (Phi) is 4.75. The van der Waals surface area contributed by atoms with Crippen molar-refractivity contribution >= 4 is 44.5 Å². The van der Waals surface area contributed by atoms with Crippen molar-refractivity contribution in [3.8, 4) is 0 Å². The van der Waals surface area contributed by atoms with Crippen LogP contribution in [0.4, 0.5) is 0 Å². The van der Waals surface area contributed by atoms with Crippen molar-refractivity contribution in [1.29, 1.82) is 0 Å². The summed E-state index contributed by atoms with van der Waals surface area (Å²) in [6.07, 6.45) is 1.53. The second-order valence-corrected chi connectivity index (χ2v) is 7.65. The standard InChI is InChI=1S/C13H13ClN2O3S2/c1-3-8-16-12(17)9(2)20-13(16)15-21(18,19)11-6-4-10(14)5-7-11/h3-7,9H,1,8H2,2H3/t9-/m1/s1. The topological polar surface area (TPSA) is 66.8 Å². The zero-order chi connectivity index (χ0) is 15.6. The van der Waals surface area contributed by atoms with Crippen LogP contribution in [-0.2, 0) is 14.8 Å². The second kappa shape index (κ2) is 6.21. The minimum atomic E-state index is -3.88. The highest BCUT2D eigenvalue weighted by Gasteiger charge is 2.35. The highest BCUT2D eigenvalue weighted by atomic mass is 35.5. The molecule has 0 radical (unpaired) electrons. The van der Waals surface area contributed by atoms with Crippen molar-refractivity contribution in [2.24, 2.45) is 4.40 Å². The Labute approximate surface area is 132 Å². The molecule has 1 aliphatic rings. The molecule has 1 amide bonds. The lowest BCUT2D eigenvalue weighted by Gasteiger charge is -2.13. The number of halogens is 1. The van der Waals surface area contributed by atoms with Gasteiger partial charge in [0.2, 0.25) is 5.91 Å². The molecule has 1 aliphatic heterocycles. The van der Waals surface area contributed by atoms with E-state index in [-0.39, 0.29) is 27.8 Å². The molecule has 1 heterocycles. The Morgan fingerprint density at radius 3 is 2.62 bits per heavy atom. The average molecular weight is 345 g/mol. The molecule has 0 unspecified atom stereocenters. The van der Waals surface area contributed by atoms with Gasteiger partial charge in [0, 0.05) is 11.6 Å². The van der Waals surface area contributed by atoms with Crippen molar-refractivity contribution in [3.63, 3.8) is 0 Å². The summed E-state index contributed by atoms with van der Waals surface area (Å²) in [5.41, 5.74) is 0. The van der Waals surface area contributed by atoms with Gasteiger partial charge in [0.05, 0.1) is 10.1 Å². The number of amidine groups is 1. The number of hydrogen-bond donors (Lipinski definition) is 0. The summed E-state index contributed by atoms with van der Waals surface area (Å²) < 4.78 is 28.3. The van der Waals surface area contributed by atoms with Crippen LogP contribution in [0.5, 0.6) is 0 Å².